The van der Waals surface area contributed by atoms with E-state index in [0.29, 0.717) is 19.1 Å². The van der Waals surface area contributed by atoms with Gasteiger partial charge in [-0.25, -0.2) is 4.79 Å². The molecule has 1 saturated carbocycles. The SMILES string of the molecule is CCOC(=O)C1CCC(CNC(=O)N2CCCCCC2c2ccccc2Cl)CC1. The van der Waals surface area contributed by atoms with Crippen molar-refractivity contribution in [3.8, 4) is 0 Å². The number of amides is 2. The molecule has 0 bridgehead atoms. The number of carbonyl (C=O) groups excluding carboxylic acids is 2. The number of carbonyl (C=O) groups is 2. The van der Waals surface area contributed by atoms with Gasteiger partial charge in [0.25, 0.3) is 0 Å². The lowest BCUT2D eigenvalue weighted by atomic mass is 9.82. The summed E-state index contributed by atoms with van der Waals surface area (Å²) in [5.74, 6) is 0.384. The molecule has 29 heavy (non-hydrogen) atoms. The van der Waals surface area contributed by atoms with Crippen LogP contribution in [0.3, 0.4) is 0 Å². The number of benzene rings is 1. The van der Waals surface area contributed by atoms with E-state index in [9.17, 15) is 9.59 Å². The molecule has 1 aliphatic heterocycles. The number of halogens is 1. The summed E-state index contributed by atoms with van der Waals surface area (Å²) in [5, 5.41) is 3.90. The van der Waals surface area contributed by atoms with Gasteiger partial charge in [-0.15, -0.1) is 0 Å². The predicted molar refractivity (Wildman–Crippen MR) is 115 cm³/mol. The Morgan fingerprint density at radius 1 is 1.10 bits per heavy atom. The van der Waals surface area contributed by atoms with Crippen molar-refractivity contribution in [1.82, 2.24) is 10.2 Å². The van der Waals surface area contributed by atoms with E-state index in [-0.39, 0.29) is 24.0 Å². The average molecular weight is 421 g/mol. The number of hydrogen-bond donors (Lipinski definition) is 1. The van der Waals surface area contributed by atoms with Gasteiger partial charge in [0.05, 0.1) is 18.6 Å². The van der Waals surface area contributed by atoms with E-state index in [2.05, 4.69) is 5.32 Å². The zero-order chi connectivity index (χ0) is 20.6. The van der Waals surface area contributed by atoms with E-state index in [1.165, 1.54) is 0 Å². The van der Waals surface area contributed by atoms with Crippen molar-refractivity contribution < 1.29 is 14.3 Å². The molecule has 1 aromatic rings. The molecule has 0 spiro atoms. The predicted octanol–water partition coefficient (Wildman–Crippen LogP) is 5.34. The van der Waals surface area contributed by atoms with Gasteiger partial charge in [-0.2, -0.15) is 0 Å². The molecule has 3 rings (SSSR count). The highest BCUT2D eigenvalue weighted by Crippen LogP contribution is 2.34. The lowest BCUT2D eigenvalue weighted by molar-refractivity contribution is -0.149. The van der Waals surface area contributed by atoms with Crippen LogP contribution in [-0.2, 0) is 9.53 Å². The van der Waals surface area contributed by atoms with Crippen LogP contribution in [0.15, 0.2) is 24.3 Å². The first-order chi connectivity index (χ1) is 14.1. The molecule has 1 heterocycles. The molecule has 2 amide bonds. The standard InChI is InChI=1S/C23H33ClN2O3/c1-2-29-22(27)18-13-11-17(12-14-18)16-25-23(28)26-15-7-3-4-10-21(26)19-8-5-6-9-20(19)24/h5-6,8-9,17-18,21H,2-4,7,10-16H2,1H3,(H,25,28). The van der Waals surface area contributed by atoms with Gasteiger partial charge in [0.15, 0.2) is 0 Å². The van der Waals surface area contributed by atoms with Crippen molar-refractivity contribution in [3.63, 3.8) is 0 Å². The molecular formula is C23H33ClN2O3. The van der Waals surface area contributed by atoms with Crippen LogP contribution < -0.4 is 5.32 Å². The van der Waals surface area contributed by atoms with Gasteiger partial charge in [-0.05, 0) is 63.0 Å². The maximum absolute atomic E-state index is 13.0. The highest BCUT2D eigenvalue weighted by molar-refractivity contribution is 6.31. The summed E-state index contributed by atoms with van der Waals surface area (Å²) in [4.78, 5) is 26.9. The monoisotopic (exact) mass is 420 g/mol. The first kappa shape index (κ1) is 21.9. The largest absolute Gasteiger partial charge is 0.466 e. The molecular weight excluding hydrogens is 388 g/mol. The van der Waals surface area contributed by atoms with E-state index < -0.39 is 0 Å². The van der Waals surface area contributed by atoms with Gasteiger partial charge in [0.2, 0.25) is 0 Å². The summed E-state index contributed by atoms with van der Waals surface area (Å²) < 4.78 is 5.14. The Labute approximate surface area is 179 Å². The molecule has 1 saturated heterocycles. The van der Waals surface area contributed by atoms with Crippen LogP contribution in [0.2, 0.25) is 5.02 Å². The van der Waals surface area contributed by atoms with Crippen molar-refractivity contribution >= 4 is 23.6 Å². The summed E-state index contributed by atoms with van der Waals surface area (Å²) >= 11 is 6.45. The molecule has 1 aromatic carbocycles. The zero-order valence-electron chi connectivity index (χ0n) is 17.4. The van der Waals surface area contributed by atoms with Crippen LogP contribution in [0.5, 0.6) is 0 Å². The molecule has 1 N–H and O–H groups in total. The fourth-order valence-electron chi connectivity index (χ4n) is 4.62. The highest BCUT2D eigenvalue weighted by atomic mass is 35.5. The maximum atomic E-state index is 13.0. The quantitative estimate of drug-likeness (QED) is 0.654. The van der Waals surface area contributed by atoms with Crippen LogP contribution in [0.1, 0.15) is 69.9 Å². The normalized spacial score (nSPS) is 25.2. The molecule has 1 aliphatic carbocycles. The minimum Gasteiger partial charge on any atom is -0.466 e. The zero-order valence-corrected chi connectivity index (χ0v) is 18.1. The van der Waals surface area contributed by atoms with Gasteiger partial charge in [0, 0.05) is 18.1 Å². The smallest absolute Gasteiger partial charge is 0.317 e. The van der Waals surface area contributed by atoms with Crippen molar-refractivity contribution in [2.24, 2.45) is 11.8 Å². The van der Waals surface area contributed by atoms with Crippen LogP contribution in [0, 0.1) is 11.8 Å². The maximum Gasteiger partial charge on any atom is 0.317 e. The topological polar surface area (TPSA) is 58.6 Å². The van der Waals surface area contributed by atoms with E-state index in [4.69, 9.17) is 16.3 Å². The van der Waals surface area contributed by atoms with Gasteiger partial charge >= 0.3 is 12.0 Å². The van der Waals surface area contributed by atoms with Crippen molar-refractivity contribution in [1.29, 1.82) is 0 Å². The third kappa shape index (κ3) is 5.88. The molecule has 6 heteroatoms. The van der Waals surface area contributed by atoms with Gasteiger partial charge in [-0.3, -0.25) is 4.79 Å². The summed E-state index contributed by atoms with van der Waals surface area (Å²) in [6, 6.07) is 7.90. The molecule has 0 radical (unpaired) electrons. The van der Waals surface area contributed by atoms with Crippen LogP contribution >= 0.6 is 11.6 Å². The Kier molecular flexibility index (Phi) is 8.22. The minimum absolute atomic E-state index is 0.00401. The van der Waals surface area contributed by atoms with Gasteiger partial charge < -0.3 is 15.0 Å². The summed E-state index contributed by atoms with van der Waals surface area (Å²) in [7, 11) is 0. The third-order valence-electron chi connectivity index (χ3n) is 6.29. The number of hydrogen-bond acceptors (Lipinski definition) is 3. The fraction of sp³-hybridized carbons (Fsp3) is 0.652. The molecule has 1 unspecified atom stereocenters. The molecule has 0 aromatic heterocycles. The van der Waals surface area contributed by atoms with Crippen molar-refractivity contribution in [2.75, 3.05) is 19.7 Å². The van der Waals surface area contributed by atoms with Crippen molar-refractivity contribution in [3.05, 3.63) is 34.9 Å². The minimum atomic E-state index is -0.0675. The Morgan fingerprint density at radius 2 is 1.86 bits per heavy atom. The molecule has 160 valence electrons. The Morgan fingerprint density at radius 3 is 2.59 bits per heavy atom. The summed E-state index contributed by atoms with van der Waals surface area (Å²) in [6.45, 7) is 3.71. The molecule has 5 nitrogen and oxygen atoms in total. The summed E-state index contributed by atoms with van der Waals surface area (Å²) in [5.41, 5.74) is 1.04. The van der Waals surface area contributed by atoms with E-state index in [1.54, 1.807) is 0 Å². The first-order valence-electron chi connectivity index (χ1n) is 11.1. The van der Waals surface area contributed by atoms with Crippen molar-refractivity contribution in [2.45, 2.75) is 64.3 Å². The highest BCUT2D eigenvalue weighted by Gasteiger charge is 2.30. The molecule has 1 atom stereocenters. The van der Waals surface area contributed by atoms with Crippen LogP contribution in [0.25, 0.3) is 0 Å². The van der Waals surface area contributed by atoms with Gasteiger partial charge in [-0.1, -0.05) is 42.6 Å². The second-order valence-corrected chi connectivity index (χ2v) is 8.64. The second kappa shape index (κ2) is 10.9. The molecule has 2 aliphatic rings. The Hall–Kier alpha value is -1.75. The number of ether oxygens (including phenoxy) is 1. The van der Waals surface area contributed by atoms with E-state index in [1.807, 2.05) is 36.1 Å². The number of likely N-dealkylation sites (tertiary alicyclic amines) is 1. The second-order valence-electron chi connectivity index (χ2n) is 8.24. The fourth-order valence-corrected chi connectivity index (χ4v) is 4.88. The average Bonchev–Trinajstić information content (AvgIpc) is 2.99. The number of esters is 1. The molecule has 2 fully saturated rings. The third-order valence-corrected chi connectivity index (χ3v) is 6.63. The van der Waals surface area contributed by atoms with E-state index in [0.717, 1.165) is 68.5 Å². The Bertz CT molecular complexity index is 688. The first-order valence-corrected chi connectivity index (χ1v) is 11.4. The number of rotatable bonds is 5. The number of nitrogens with one attached hydrogen (secondary N) is 1. The van der Waals surface area contributed by atoms with E-state index >= 15 is 0 Å². The summed E-state index contributed by atoms with van der Waals surface area (Å²) in [6.07, 6.45) is 7.84. The number of urea groups is 1. The van der Waals surface area contributed by atoms with Crippen LogP contribution in [0.4, 0.5) is 4.79 Å². The lowest BCUT2D eigenvalue weighted by Crippen LogP contribution is -2.44. The lowest BCUT2D eigenvalue weighted by Gasteiger charge is -2.32. The number of nitrogens with zero attached hydrogens (tertiary/aromatic N) is 1. The Balaban J connectivity index is 1.55. The van der Waals surface area contributed by atoms with Gasteiger partial charge in [0.1, 0.15) is 0 Å². The van der Waals surface area contributed by atoms with Crippen LogP contribution in [-0.4, -0.2) is 36.6 Å².